The number of rotatable bonds is 17. The molecular formula is C43H52N2O15. The highest BCUT2D eigenvalue weighted by atomic mass is 16.7. The van der Waals surface area contributed by atoms with Gasteiger partial charge in [0.05, 0.1) is 47.6 Å². The summed E-state index contributed by atoms with van der Waals surface area (Å²) in [6.07, 6.45) is -4.90. The molecule has 8 atom stereocenters. The minimum absolute atomic E-state index is 0.0609. The van der Waals surface area contributed by atoms with E-state index in [-0.39, 0.29) is 53.6 Å². The summed E-state index contributed by atoms with van der Waals surface area (Å²) >= 11 is 0. The van der Waals surface area contributed by atoms with Crippen LogP contribution in [0.15, 0.2) is 78.4 Å². The summed E-state index contributed by atoms with van der Waals surface area (Å²) in [5, 5.41) is 45.1. The SMILES string of the molecule is COC(=O)[C@@]1(c2ccc(OC)cc2)Oc2cc(OC)cc(OC)c2C(=O)[C@H](C(=O)NCCCCNC(=O)C(C)=CCO[C@@H]2O[C@H](CO)[C@@H](O)[C@H](O)[C@H]2O)[C@H]1c1ccccc1. The van der Waals surface area contributed by atoms with Gasteiger partial charge < -0.3 is 64.2 Å². The van der Waals surface area contributed by atoms with Crippen LogP contribution in [0.4, 0.5) is 0 Å². The number of esters is 1. The Morgan fingerprint density at radius 2 is 1.50 bits per heavy atom. The number of carbonyl (C=O) groups is 4. The Kier molecular flexibility index (Phi) is 15.6. The van der Waals surface area contributed by atoms with Crippen molar-refractivity contribution < 1.29 is 72.8 Å². The molecule has 2 heterocycles. The number of nitrogens with one attached hydrogen (secondary N) is 2. The summed E-state index contributed by atoms with van der Waals surface area (Å²) < 4.78 is 39.5. The molecule has 0 radical (unpaired) electrons. The number of Topliss-reactive ketones (excluding diaryl/α,β-unsaturated/α-hetero) is 1. The molecule has 1 saturated heterocycles. The third-order valence-corrected chi connectivity index (χ3v) is 10.6. The van der Waals surface area contributed by atoms with Crippen molar-refractivity contribution in [2.75, 3.05) is 54.7 Å². The average Bonchev–Trinajstić information content (AvgIpc) is 3.39. The summed E-state index contributed by atoms with van der Waals surface area (Å²) in [5.74, 6) is -4.72. The van der Waals surface area contributed by atoms with Crippen LogP contribution in [0.2, 0.25) is 0 Å². The Balaban J connectivity index is 1.35. The lowest BCUT2D eigenvalue weighted by Gasteiger charge is -2.40. The molecule has 60 heavy (non-hydrogen) atoms. The van der Waals surface area contributed by atoms with Crippen molar-refractivity contribution in [1.82, 2.24) is 10.6 Å². The topological polar surface area (TPSA) is 238 Å². The van der Waals surface area contributed by atoms with Gasteiger partial charge in [-0.25, -0.2) is 4.79 Å². The lowest BCUT2D eigenvalue weighted by atomic mass is 9.68. The Hall–Kier alpha value is -5.56. The molecule has 2 amide bonds. The quantitative estimate of drug-likeness (QED) is 0.0490. The van der Waals surface area contributed by atoms with E-state index >= 15 is 0 Å². The molecule has 1 fully saturated rings. The van der Waals surface area contributed by atoms with Crippen LogP contribution in [0.3, 0.4) is 0 Å². The number of benzene rings is 3. The van der Waals surface area contributed by atoms with Gasteiger partial charge in [-0.05, 0) is 37.5 Å². The van der Waals surface area contributed by atoms with Gasteiger partial charge in [-0.1, -0.05) is 48.5 Å². The highest BCUT2D eigenvalue weighted by Gasteiger charge is 2.60. The van der Waals surface area contributed by atoms with Gasteiger partial charge in [0.25, 0.3) is 0 Å². The number of aliphatic hydroxyl groups excluding tert-OH is 4. The van der Waals surface area contributed by atoms with Crippen LogP contribution in [-0.2, 0) is 34.2 Å². The van der Waals surface area contributed by atoms with E-state index in [0.717, 1.165) is 0 Å². The lowest BCUT2D eigenvalue weighted by molar-refractivity contribution is -0.298. The summed E-state index contributed by atoms with van der Waals surface area (Å²) in [4.78, 5) is 56.7. The van der Waals surface area contributed by atoms with Crippen molar-refractivity contribution in [3.05, 3.63) is 95.1 Å². The van der Waals surface area contributed by atoms with E-state index < -0.39 is 78.3 Å². The van der Waals surface area contributed by atoms with Crippen molar-refractivity contribution in [2.24, 2.45) is 5.92 Å². The van der Waals surface area contributed by atoms with Gasteiger partial charge in [-0.2, -0.15) is 0 Å². The van der Waals surface area contributed by atoms with Crippen LogP contribution < -0.4 is 29.6 Å². The highest BCUT2D eigenvalue weighted by Crippen LogP contribution is 2.53. The lowest BCUT2D eigenvalue weighted by Crippen LogP contribution is -2.59. The van der Waals surface area contributed by atoms with Crippen molar-refractivity contribution in [1.29, 1.82) is 0 Å². The molecule has 0 aliphatic carbocycles. The standard InChI is InChI=1S/C43H52N2O15/c1-24(17-20-58-41-38(50)37(49)35(47)31(23-46)59-41)39(51)44-18-9-10-19-45-40(52)33-34(25-11-7-6-8-12-25)43(42(53)57-5,26-13-15-27(54-2)16-14-26)60-30-22-28(55-3)21-29(56-4)32(30)36(33)48/h6-8,11-17,21-22,31,33-35,37-38,41,46-47,49-50H,9-10,18-20,23H2,1-5H3,(H,44,51)(H,45,52)/t31-,33-,34-,35-,37+,38-,41-,43+/m1/s1. The second-order valence-corrected chi connectivity index (χ2v) is 14.2. The summed E-state index contributed by atoms with van der Waals surface area (Å²) in [7, 11) is 5.48. The predicted molar refractivity (Wildman–Crippen MR) is 213 cm³/mol. The van der Waals surface area contributed by atoms with Crippen molar-refractivity contribution in [3.8, 4) is 23.0 Å². The number of amides is 2. The van der Waals surface area contributed by atoms with E-state index in [2.05, 4.69) is 10.6 Å². The molecule has 17 nitrogen and oxygen atoms in total. The molecule has 0 spiro atoms. The maximum Gasteiger partial charge on any atom is 0.355 e. The smallest absolute Gasteiger partial charge is 0.355 e. The van der Waals surface area contributed by atoms with E-state index in [1.807, 2.05) is 0 Å². The molecule has 5 rings (SSSR count). The minimum Gasteiger partial charge on any atom is -0.497 e. The first-order valence-electron chi connectivity index (χ1n) is 19.3. The van der Waals surface area contributed by atoms with Crippen LogP contribution in [0, 0.1) is 5.92 Å². The molecule has 0 aromatic heterocycles. The molecule has 2 aliphatic heterocycles. The number of carbonyl (C=O) groups excluding carboxylic acids is 4. The van der Waals surface area contributed by atoms with E-state index in [1.54, 1.807) is 61.5 Å². The first kappa shape index (κ1) is 45.5. The second-order valence-electron chi connectivity index (χ2n) is 14.2. The molecule has 0 bridgehead atoms. The van der Waals surface area contributed by atoms with E-state index in [9.17, 15) is 39.6 Å². The summed E-state index contributed by atoms with van der Waals surface area (Å²) in [6.45, 7) is 1.09. The Labute approximate surface area is 347 Å². The molecule has 2 aliphatic rings. The number of fused-ring (bicyclic) bond motifs is 1. The maximum absolute atomic E-state index is 14.9. The van der Waals surface area contributed by atoms with Crippen LogP contribution in [0.5, 0.6) is 23.0 Å². The van der Waals surface area contributed by atoms with Gasteiger partial charge in [-0.15, -0.1) is 0 Å². The number of aliphatic hydroxyl groups is 4. The molecule has 3 aromatic rings. The Morgan fingerprint density at radius 3 is 2.12 bits per heavy atom. The van der Waals surface area contributed by atoms with E-state index in [4.69, 9.17) is 33.2 Å². The number of hydrogen-bond acceptors (Lipinski definition) is 15. The molecule has 324 valence electrons. The third-order valence-electron chi connectivity index (χ3n) is 10.6. The van der Waals surface area contributed by atoms with Crippen LogP contribution in [0.25, 0.3) is 0 Å². The van der Waals surface area contributed by atoms with Gasteiger partial charge in [0, 0.05) is 36.4 Å². The fourth-order valence-corrected chi connectivity index (χ4v) is 7.30. The Morgan fingerprint density at radius 1 is 0.833 bits per heavy atom. The second kappa shape index (κ2) is 20.6. The zero-order valence-electron chi connectivity index (χ0n) is 34.0. The van der Waals surface area contributed by atoms with Crippen LogP contribution in [0.1, 0.15) is 47.2 Å². The number of ether oxygens (including phenoxy) is 7. The number of methoxy groups -OCH3 is 4. The highest BCUT2D eigenvalue weighted by molar-refractivity contribution is 6.15. The van der Waals surface area contributed by atoms with Gasteiger partial charge in [0.15, 0.2) is 12.1 Å². The average molecular weight is 837 g/mol. The molecule has 0 saturated carbocycles. The largest absolute Gasteiger partial charge is 0.497 e. The first-order chi connectivity index (χ1) is 28.9. The van der Waals surface area contributed by atoms with Crippen LogP contribution in [-0.4, -0.2) is 129 Å². The van der Waals surface area contributed by atoms with Gasteiger partial charge in [0.2, 0.25) is 17.4 Å². The minimum atomic E-state index is -2.11. The van der Waals surface area contributed by atoms with Gasteiger partial charge in [-0.3, -0.25) is 14.4 Å². The van der Waals surface area contributed by atoms with Gasteiger partial charge >= 0.3 is 5.97 Å². The molecular weight excluding hydrogens is 784 g/mol. The number of hydrogen-bond donors (Lipinski definition) is 6. The van der Waals surface area contributed by atoms with Crippen molar-refractivity contribution in [3.63, 3.8) is 0 Å². The normalized spacial score (nSPS) is 25.2. The fraction of sp³-hybridized carbons (Fsp3) is 0.442. The molecule has 6 N–H and O–H groups in total. The van der Waals surface area contributed by atoms with Crippen LogP contribution >= 0.6 is 0 Å². The Bertz CT molecular complexity index is 1990. The van der Waals surface area contributed by atoms with Crippen molar-refractivity contribution >= 4 is 23.6 Å². The first-order valence-corrected chi connectivity index (χ1v) is 19.3. The summed E-state index contributed by atoms with van der Waals surface area (Å²) in [5.41, 5.74) is -1.17. The zero-order chi connectivity index (χ0) is 43.6. The van der Waals surface area contributed by atoms with E-state index in [0.29, 0.717) is 24.2 Å². The molecule has 0 unspecified atom stereocenters. The zero-order valence-corrected chi connectivity index (χ0v) is 34.0. The number of ketones is 1. The summed E-state index contributed by atoms with van der Waals surface area (Å²) in [6, 6.07) is 18.1. The number of unbranched alkanes of at least 4 members (excludes halogenated alkanes) is 1. The van der Waals surface area contributed by atoms with Gasteiger partial charge in [0.1, 0.15) is 58.9 Å². The predicted octanol–water partition coefficient (Wildman–Crippen LogP) is 1.53. The monoisotopic (exact) mass is 836 g/mol. The molecule has 3 aromatic carbocycles. The maximum atomic E-state index is 14.9. The van der Waals surface area contributed by atoms with E-state index in [1.165, 1.54) is 46.6 Å². The van der Waals surface area contributed by atoms with Crippen molar-refractivity contribution in [2.45, 2.75) is 62.0 Å². The molecule has 17 heteroatoms. The third kappa shape index (κ3) is 9.57. The fourth-order valence-electron chi connectivity index (χ4n) is 7.30.